The van der Waals surface area contributed by atoms with Gasteiger partial charge in [-0.3, -0.25) is 4.98 Å². The second kappa shape index (κ2) is 8.13. The molecule has 3 aliphatic carbocycles. The van der Waals surface area contributed by atoms with Crippen molar-refractivity contribution in [1.82, 2.24) is 4.98 Å². The van der Waals surface area contributed by atoms with Crippen molar-refractivity contribution in [3.05, 3.63) is 90.6 Å². The maximum absolute atomic E-state index is 6.36. The van der Waals surface area contributed by atoms with Crippen molar-refractivity contribution in [3.63, 3.8) is 0 Å². The number of hydrogen-bond donors (Lipinski definition) is 0. The predicted octanol–water partition coefficient (Wildman–Crippen LogP) is 8.68. The van der Waals surface area contributed by atoms with Crippen molar-refractivity contribution in [2.24, 2.45) is 17.8 Å². The summed E-state index contributed by atoms with van der Waals surface area (Å²) in [7, 11) is 0. The van der Waals surface area contributed by atoms with Crippen molar-refractivity contribution < 1.29 is 4.42 Å². The van der Waals surface area contributed by atoms with E-state index in [9.17, 15) is 0 Å². The van der Waals surface area contributed by atoms with E-state index in [2.05, 4.69) is 78.9 Å². The molecule has 5 aromatic rings. The lowest BCUT2D eigenvalue weighted by Crippen LogP contribution is -2.32. The van der Waals surface area contributed by atoms with Crippen molar-refractivity contribution in [3.8, 4) is 22.4 Å². The van der Waals surface area contributed by atoms with Crippen molar-refractivity contribution in [1.29, 1.82) is 0 Å². The van der Waals surface area contributed by atoms with Crippen LogP contribution in [0.2, 0.25) is 0 Å². The van der Waals surface area contributed by atoms with E-state index in [1.165, 1.54) is 49.7 Å². The van der Waals surface area contributed by atoms with Gasteiger partial charge in [-0.25, -0.2) is 0 Å². The molecular weight excluding hydrogens is 414 g/mol. The third-order valence-corrected chi connectivity index (χ3v) is 8.39. The van der Waals surface area contributed by atoms with Gasteiger partial charge in [-0.1, -0.05) is 61.4 Å². The Balaban J connectivity index is 1.25. The van der Waals surface area contributed by atoms with Gasteiger partial charge in [0.15, 0.2) is 0 Å². The second-order valence-corrected chi connectivity index (χ2v) is 10.4. The van der Waals surface area contributed by atoms with Crippen LogP contribution < -0.4 is 0 Å². The number of hydrogen-bond acceptors (Lipinski definition) is 2. The van der Waals surface area contributed by atoms with Crippen molar-refractivity contribution in [2.45, 2.75) is 38.5 Å². The van der Waals surface area contributed by atoms with Gasteiger partial charge in [0.25, 0.3) is 0 Å². The van der Waals surface area contributed by atoms with E-state index in [0.717, 1.165) is 56.5 Å². The SMILES string of the molecule is c1ccc(-c2cccc3c2oc2ccc(-c4cc(CC5CC6CCC5CC6)ccn4)cc23)cc1. The molecule has 0 aliphatic heterocycles. The Hall–Kier alpha value is -3.39. The normalized spacial score (nSPS) is 21.9. The first kappa shape index (κ1) is 20.0. The van der Waals surface area contributed by atoms with E-state index in [1.807, 2.05) is 6.20 Å². The third-order valence-electron chi connectivity index (χ3n) is 8.39. The molecule has 1 unspecified atom stereocenters. The van der Waals surface area contributed by atoms with E-state index >= 15 is 0 Å². The van der Waals surface area contributed by atoms with Gasteiger partial charge in [0.1, 0.15) is 11.2 Å². The fourth-order valence-corrected chi connectivity index (χ4v) is 6.63. The maximum atomic E-state index is 6.36. The van der Waals surface area contributed by atoms with Crippen LogP contribution in [0.5, 0.6) is 0 Å². The Kier molecular flexibility index (Phi) is 4.79. The van der Waals surface area contributed by atoms with Crippen LogP contribution in [0.4, 0.5) is 0 Å². The van der Waals surface area contributed by atoms with Crippen LogP contribution in [-0.2, 0) is 6.42 Å². The van der Waals surface area contributed by atoms with Gasteiger partial charge in [-0.15, -0.1) is 0 Å². The van der Waals surface area contributed by atoms with Gasteiger partial charge in [0, 0.05) is 28.1 Å². The third kappa shape index (κ3) is 3.44. The largest absolute Gasteiger partial charge is 0.455 e. The van der Waals surface area contributed by atoms with E-state index in [4.69, 9.17) is 9.40 Å². The molecule has 0 spiro atoms. The number of aromatic nitrogens is 1. The molecule has 0 saturated heterocycles. The first-order valence-electron chi connectivity index (χ1n) is 12.8. The fraction of sp³-hybridized carbons (Fsp3) is 0.281. The number of rotatable bonds is 4. The monoisotopic (exact) mass is 443 g/mol. The summed E-state index contributed by atoms with van der Waals surface area (Å²) < 4.78 is 6.36. The van der Waals surface area contributed by atoms with Gasteiger partial charge in [0.2, 0.25) is 0 Å². The lowest BCUT2D eigenvalue weighted by molar-refractivity contribution is 0.0991. The fourth-order valence-electron chi connectivity index (χ4n) is 6.63. The van der Waals surface area contributed by atoms with Crippen molar-refractivity contribution in [2.75, 3.05) is 0 Å². The summed E-state index contributed by atoms with van der Waals surface area (Å²) in [4.78, 5) is 4.76. The molecule has 8 rings (SSSR count). The molecule has 2 bridgehead atoms. The zero-order valence-corrected chi connectivity index (χ0v) is 19.4. The molecule has 2 aromatic heterocycles. The van der Waals surface area contributed by atoms with Gasteiger partial charge < -0.3 is 4.42 Å². The van der Waals surface area contributed by atoms with Gasteiger partial charge in [0.05, 0.1) is 5.69 Å². The highest BCUT2D eigenvalue weighted by Crippen LogP contribution is 2.46. The van der Waals surface area contributed by atoms with E-state index in [0.29, 0.717) is 0 Å². The van der Waals surface area contributed by atoms with E-state index in [1.54, 1.807) is 0 Å². The van der Waals surface area contributed by atoms with Crippen LogP contribution in [0.1, 0.15) is 37.7 Å². The van der Waals surface area contributed by atoms with Crippen LogP contribution in [-0.4, -0.2) is 4.98 Å². The summed E-state index contributed by atoms with van der Waals surface area (Å²) in [5.74, 6) is 2.78. The topological polar surface area (TPSA) is 26.0 Å². The number of benzene rings is 3. The summed E-state index contributed by atoms with van der Waals surface area (Å²) in [6, 6.07) is 28.0. The first-order valence-corrected chi connectivity index (χ1v) is 12.8. The molecule has 3 aromatic carbocycles. The number of nitrogens with zero attached hydrogens (tertiary/aromatic N) is 1. The first-order chi connectivity index (χ1) is 16.8. The van der Waals surface area contributed by atoms with Gasteiger partial charge >= 0.3 is 0 Å². The number of fused-ring (bicyclic) bond motifs is 6. The molecule has 168 valence electrons. The van der Waals surface area contributed by atoms with Crippen LogP contribution >= 0.6 is 0 Å². The molecule has 2 heterocycles. The number of furan rings is 1. The molecule has 3 fully saturated rings. The zero-order valence-electron chi connectivity index (χ0n) is 19.4. The molecular formula is C32H29NO. The summed E-state index contributed by atoms with van der Waals surface area (Å²) in [6.07, 6.45) is 10.5. The lowest BCUT2D eigenvalue weighted by atomic mass is 9.63. The average molecular weight is 444 g/mol. The molecule has 2 nitrogen and oxygen atoms in total. The molecule has 0 radical (unpaired) electrons. The van der Waals surface area contributed by atoms with Crippen LogP contribution in [0.25, 0.3) is 44.3 Å². The van der Waals surface area contributed by atoms with E-state index < -0.39 is 0 Å². The Labute approximate surface area is 200 Å². The minimum atomic E-state index is 0.861. The average Bonchev–Trinajstić information content (AvgIpc) is 3.28. The van der Waals surface area contributed by atoms with E-state index in [-0.39, 0.29) is 0 Å². The quantitative estimate of drug-likeness (QED) is 0.278. The summed E-state index contributed by atoms with van der Waals surface area (Å²) in [5, 5.41) is 2.31. The lowest BCUT2D eigenvalue weighted by Gasteiger charge is -2.42. The highest BCUT2D eigenvalue weighted by molar-refractivity contribution is 6.10. The zero-order chi connectivity index (χ0) is 22.5. The minimum Gasteiger partial charge on any atom is -0.455 e. The summed E-state index contributed by atoms with van der Waals surface area (Å²) in [6.45, 7) is 0. The smallest absolute Gasteiger partial charge is 0.143 e. The molecule has 2 heteroatoms. The Morgan fingerprint density at radius 1 is 0.765 bits per heavy atom. The van der Waals surface area contributed by atoms with Gasteiger partial charge in [-0.05, 0) is 84.9 Å². The Bertz CT molecular complexity index is 1470. The maximum Gasteiger partial charge on any atom is 0.143 e. The van der Waals surface area contributed by atoms with Crippen LogP contribution in [0.15, 0.2) is 89.5 Å². The number of pyridine rings is 1. The Morgan fingerprint density at radius 3 is 2.47 bits per heavy atom. The number of para-hydroxylation sites is 1. The van der Waals surface area contributed by atoms with Crippen molar-refractivity contribution >= 4 is 21.9 Å². The second-order valence-electron chi connectivity index (χ2n) is 10.4. The highest BCUT2D eigenvalue weighted by atomic mass is 16.3. The molecule has 3 aliphatic rings. The molecule has 34 heavy (non-hydrogen) atoms. The standard InChI is InChI=1S/C32H29NO/c1-2-5-24(6-3-1)27-7-4-8-28-29-20-25(13-14-31(29)34-32(27)28)30-19-22(15-16-33-30)18-26-17-21-9-11-23(26)12-10-21/h1-8,13-16,19-21,23,26H,9-12,17-18H2. The highest BCUT2D eigenvalue weighted by Gasteiger charge is 2.35. The summed E-state index contributed by atoms with van der Waals surface area (Å²) >= 11 is 0. The molecule has 0 amide bonds. The Morgan fingerprint density at radius 2 is 1.65 bits per heavy atom. The summed E-state index contributed by atoms with van der Waals surface area (Å²) in [5.41, 5.74) is 7.86. The van der Waals surface area contributed by atoms with Crippen LogP contribution in [0.3, 0.4) is 0 Å². The molecule has 3 saturated carbocycles. The predicted molar refractivity (Wildman–Crippen MR) is 140 cm³/mol. The van der Waals surface area contributed by atoms with Gasteiger partial charge in [-0.2, -0.15) is 0 Å². The minimum absolute atomic E-state index is 0.861. The molecule has 1 atom stereocenters. The molecule has 0 N–H and O–H groups in total. The van der Waals surface area contributed by atoms with Crippen LogP contribution in [0, 0.1) is 17.8 Å².